The fraction of sp³-hybridized carbons (Fsp3) is 0.611. The molecule has 4 heteroatoms. The highest BCUT2D eigenvalue weighted by Gasteiger charge is 2.79. The summed E-state index contributed by atoms with van der Waals surface area (Å²) in [6, 6.07) is 10.1. The molecule has 4 nitrogen and oxygen atoms in total. The Kier molecular flexibility index (Phi) is 4.00. The van der Waals surface area contributed by atoms with Gasteiger partial charge in [-0.1, -0.05) is 44.2 Å². The zero-order valence-electron chi connectivity index (χ0n) is 13.5. The Morgan fingerprint density at radius 3 is 2.59 bits per heavy atom. The van der Waals surface area contributed by atoms with Gasteiger partial charge in [0.1, 0.15) is 5.60 Å². The van der Waals surface area contributed by atoms with Crippen molar-refractivity contribution in [3.05, 3.63) is 35.9 Å². The first-order valence-electron chi connectivity index (χ1n) is 7.95. The minimum absolute atomic E-state index is 0.166. The molecule has 0 N–H and O–H groups in total. The largest absolute Gasteiger partial charge is 0.467 e. The number of hydrogen-bond donors (Lipinski definition) is 0. The van der Waals surface area contributed by atoms with Crippen molar-refractivity contribution in [1.29, 1.82) is 0 Å². The van der Waals surface area contributed by atoms with Gasteiger partial charge < -0.3 is 14.2 Å². The minimum atomic E-state index is -0.734. The van der Waals surface area contributed by atoms with Crippen LogP contribution in [0.2, 0.25) is 0 Å². The van der Waals surface area contributed by atoms with Crippen molar-refractivity contribution in [2.45, 2.75) is 57.0 Å². The molecule has 0 amide bonds. The highest BCUT2D eigenvalue weighted by Crippen LogP contribution is 2.63. The maximum absolute atomic E-state index is 12.1. The van der Waals surface area contributed by atoms with Crippen LogP contribution < -0.4 is 0 Å². The van der Waals surface area contributed by atoms with Gasteiger partial charge in [0, 0.05) is 12.8 Å². The second-order valence-electron chi connectivity index (χ2n) is 6.84. The molecule has 3 rings (SSSR count). The van der Waals surface area contributed by atoms with Crippen LogP contribution >= 0.6 is 0 Å². The van der Waals surface area contributed by atoms with Crippen LogP contribution in [0, 0.1) is 5.92 Å². The fourth-order valence-corrected chi connectivity index (χ4v) is 3.58. The number of esters is 1. The Hall–Kier alpha value is -1.39. The summed E-state index contributed by atoms with van der Waals surface area (Å²) in [6.07, 6.45) is 2.44. The average molecular weight is 304 g/mol. The first-order chi connectivity index (χ1) is 10.5. The number of epoxide rings is 1. The summed E-state index contributed by atoms with van der Waals surface area (Å²) in [5, 5.41) is 0. The molecule has 1 spiro atoms. The first kappa shape index (κ1) is 15.5. The van der Waals surface area contributed by atoms with Crippen molar-refractivity contribution < 1.29 is 19.0 Å². The summed E-state index contributed by atoms with van der Waals surface area (Å²) in [6.45, 7) is 4.81. The van der Waals surface area contributed by atoms with Gasteiger partial charge in [0.15, 0.2) is 5.60 Å². The smallest absolute Gasteiger partial charge is 0.341 e. The SMILES string of the molecule is COC(=O)C1(CC(C)C)OC12CC(OCc1ccccc1)C2. The van der Waals surface area contributed by atoms with E-state index in [-0.39, 0.29) is 17.7 Å². The summed E-state index contributed by atoms with van der Waals surface area (Å²) in [5.41, 5.74) is 0.0930. The Morgan fingerprint density at radius 2 is 2.00 bits per heavy atom. The van der Waals surface area contributed by atoms with Crippen LogP contribution in [-0.4, -0.2) is 30.4 Å². The Labute approximate surface area is 131 Å². The lowest BCUT2D eigenvalue weighted by Gasteiger charge is -2.35. The molecule has 1 heterocycles. The molecular formula is C18H24O4. The van der Waals surface area contributed by atoms with Gasteiger partial charge in [-0.3, -0.25) is 0 Å². The van der Waals surface area contributed by atoms with Gasteiger partial charge in [-0.2, -0.15) is 0 Å². The molecule has 1 saturated carbocycles. The number of ether oxygens (including phenoxy) is 3. The summed E-state index contributed by atoms with van der Waals surface area (Å²) in [4.78, 5) is 12.1. The van der Waals surface area contributed by atoms with Gasteiger partial charge >= 0.3 is 5.97 Å². The zero-order valence-corrected chi connectivity index (χ0v) is 13.5. The highest BCUT2D eigenvalue weighted by atomic mass is 16.7. The van der Waals surface area contributed by atoms with E-state index >= 15 is 0 Å². The van der Waals surface area contributed by atoms with Gasteiger partial charge in [-0.25, -0.2) is 4.79 Å². The van der Waals surface area contributed by atoms with Crippen molar-refractivity contribution in [2.75, 3.05) is 7.11 Å². The quantitative estimate of drug-likeness (QED) is 0.598. The third-order valence-corrected chi connectivity index (χ3v) is 4.72. The molecule has 120 valence electrons. The van der Waals surface area contributed by atoms with Crippen LogP contribution in [0.15, 0.2) is 30.3 Å². The van der Waals surface area contributed by atoms with Crippen molar-refractivity contribution in [2.24, 2.45) is 5.92 Å². The van der Waals surface area contributed by atoms with E-state index in [0.717, 1.165) is 12.8 Å². The van der Waals surface area contributed by atoms with Crippen LogP contribution in [-0.2, 0) is 25.6 Å². The van der Waals surface area contributed by atoms with Gasteiger partial charge in [0.2, 0.25) is 0 Å². The summed E-state index contributed by atoms with van der Waals surface area (Å²) >= 11 is 0. The molecule has 0 radical (unpaired) electrons. The van der Waals surface area contributed by atoms with E-state index in [0.29, 0.717) is 18.9 Å². The molecule has 2 fully saturated rings. The summed E-state index contributed by atoms with van der Waals surface area (Å²) in [7, 11) is 1.43. The lowest BCUT2D eigenvalue weighted by molar-refractivity contribution is -0.148. The average Bonchev–Trinajstić information content (AvgIpc) is 3.13. The first-order valence-corrected chi connectivity index (χ1v) is 7.95. The molecule has 0 aromatic heterocycles. The van der Waals surface area contributed by atoms with E-state index in [1.54, 1.807) is 0 Å². The third kappa shape index (κ3) is 2.55. The molecule has 1 aromatic carbocycles. The summed E-state index contributed by atoms with van der Waals surface area (Å²) in [5.74, 6) is 0.158. The third-order valence-electron chi connectivity index (χ3n) is 4.72. The topological polar surface area (TPSA) is 48.1 Å². The van der Waals surface area contributed by atoms with Gasteiger partial charge in [0.25, 0.3) is 0 Å². The number of hydrogen-bond acceptors (Lipinski definition) is 4. The monoisotopic (exact) mass is 304 g/mol. The lowest BCUT2D eigenvalue weighted by Crippen LogP contribution is -2.47. The predicted molar refractivity (Wildman–Crippen MR) is 82.3 cm³/mol. The predicted octanol–water partition coefficient (Wildman–Crippen LogP) is 3.09. The van der Waals surface area contributed by atoms with E-state index in [9.17, 15) is 4.79 Å². The van der Waals surface area contributed by atoms with E-state index in [4.69, 9.17) is 14.2 Å². The molecule has 2 aliphatic rings. The molecule has 1 aromatic rings. The Morgan fingerprint density at radius 1 is 1.32 bits per heavy atom. The van der Waals surface area contributed by atoms with Crippen LogP contribution in [0.25, 0.3) is 0 Å². The zero-order chi connectivity index (χ0) is 15.8. The van der Waals surface area contributed by atoms with Crippen LogP contribution in [0.4, 0.5) is 0 Å². The van der Waals surface area contributed by atoms with Crippen molar-refractivity contribution in [3.63, 3.8) is 0 Å². The lowest BCUT2D eigenvalue weighted by atomic mass is 9.71. The van der Waals surface area contributed by atoms with Crippen molar-refractivity contribution >= 4 is 5.97 Å². The van der Waals surface area contributed by atoms with E-state index < -0.39 is 5.60 Å². The van der Waals surface area contributed by atoms with Crippen LogP contribution in [0.3, 0.4) is 0 Å². The van der Waals surface area contributed by atoms with Gasteiger partial charge in [-0.05, 0) is 17.9 Å². The number of carbonyl (C=O) groups is 1. The maximum atomic E-state index is 12.1. The van der Waals surface area contributed by atoms with E-state index in [1.165, 1.54) is 12.7 Å². The van der Waals surface area contributed by atoms with Crippen LogP contribution in [0.1, 0.15) is 38.7 Å². The van der Waals surface area contributed by atoms with E-state index in [1.807, 2.05) is 18.2 Å². The van der Waals surface area contributed by atoms with E-state index in [2.05, 4.69) is 26.0 Å². The standard InChI is InChI=1S/C18H24O4/c1-13(2)9-18(16(19)20-3)17(22-18)10-15(11-17)21-12-14-7-5-4-6-8-14/h4-8,13,15H,9-12H2,1-3H3. The molecule has 1 aliphatic heterocycles. The molecule has 1 atom stereocenters. The molecule has 1 unspecified atom stereocenters. The van der Waals surface area contributed by atoms with Crippen LogP contribution in [0.5, 0.6) is 0 Å². The fourth-order valence-electron chi connectivity index (χ4n) is 3.58. The second kappa shape index (κ2) is 5.67. The van der Waals surface area contributed by atoms with Gasteiger partial charge in [-0.15, -0.1) is 0 Å². The number of carbonyl (C=O) groups excluding carboxylic acids is 1. The van der Waals surface area contributed by atoms with Crippen molar-refractivity contribution in [1.82, 2.24) is 0 Å². The Balaban J connectivity index is 1.55. The van der Waals surface area contributed by atoms with Gasteiger partial charge in [0.05, 0.1) is 19.8 Å². The number of benzene rings is 1. The summed E-state index contributed by atoms with van der Waals surface area (Å²) < 4.78 is 16.8. The molecule has 0 bridgehead atoms. The normalized spacial score (nSPS) is 32.8. The number of rotatable bonds is 6. The number of methoxy groups -OCH3 is 1. The molecule has 1 aliphatic carbocycles. The molecule has 22 heavy (non-hydrogen) atoms. The minimum Gasteiger partial charge on any atom is -0.467 e. The van der Waals surface area contributed by atoms with Crippen molar-refractivity contribution in [3.8, 4) is 0 Å². The Bertz CT molecular complexity index is 533. The molecular weight excluding hydrogens is 280 g/mol. The second-order valence-corrected chi connectivity index (χ2v) is 6.84. The maximum Gasteiger partial charge on any atom is 0.341 e. The molecule has 1 saturated heterocycles. The highest BCUT2D eigenvalue weighted by molar-refractivity contribution is 5.85.